The van der Waals surface area contributed by atoms with E-state index in [0.29, 0.717) is 12.6 Å². The summed E-state index contributed by atoms with van der Waals surface area (Å²) in [5.41, 5.74) is 0. The van der Waals surface area contributed by atoms with Gasteiger partial charge >= 0.3 is 0 Å². The summed E-state index contributed by atoms with van der Waals surface area (Å²) in [5, 5.41) is 19.8. The second kappa shape index (κ2) is 4.90. The van der Waals surface area contributed by atoms with Gasteiger partial charge in [0.05, 0.1) is 12.8 Å². The van der Waals surface area contributed by atoms with Gasteiger partial charge in [0.2, 0.25) is 0 Å². The highest BCUT2D eigenvalue weighted by molar-refractivity contribution is 5.91. The van der Waals surface area contributed by atoms with E-state index in [1.54, 1.807) is 6.20 Å². The Kier molecular flexibility index (Phi) is 3.11. The van der Waals surface area contributed by atoms with Gasteiger partial charge in [-0.15, -0.1) is 5.10 Å². The fraction of sp³-hybridized carbons (Fsp3) is 0.429. The van der Waals surface area contributed by atoms with E-state index in [1.165, 1.54) is 19.3 Å². The number of anilines is 1. The quantitative estimate of drug-likeness (QED) is 0.892. The fourth-order valence-corrected chi connectivity index (χ4v) is 2.49. The molecule has 1 aliphatic rings. The minimum Gasteiger partial charge on any atom is -0.395 e. The summed E-state index contributed by atoms with van der Waals surface area (Å²) in [6, 6.07) is 8.66. The summed E-state index contributed by atoms with van der Waals surface area (Å²) >= 11 is 0. The number of fused-ring (bicyclic) bond motifs is 1. The first-order chi connectivity index (χ1) is 8.90. The van der Waals surface area contributed by atoms with Gasteiger partial charge in [0.1, 0.15) is 0 Å². The zero-order valence-electron chi connectivity index (χ0n) is 10.3. The average Bonchev–Trinajstić information content (AvgIpc) is 2.35. The lowest BCUT2D eigenvalue weighted by Crippen LogP contribution is -2.42. The molecule has 18 heavy (non-hydrogen) atoms. The van der Waals surface area contributed by atoms with Crippen molar-refractivity contribution in [3.63, 3.8) is 0 Å². The third kappa shape index (κ3) is 1.93. The monoisotopic (exact) mass is 243 g/mol. The largest absolute Gasteiger partial charge is 0.395 e. The summed E-state index contributed by atoms with van der Waals surface area (Å²) in [4.78, 5) is 2.21. The molecule has 0 saturated heterocycles. The lowest BCUT2D eigenvalue weighted by Gasteiger charge is -2.38. The Morgan fingerprint density at radius 3 is 2.83 bits per heavy atom. The molecule has 1 aromatic carbocycles. The first-order valence-electron chi connectivity index (χ1n) is 6.48. The van der Waals surface area contributed by atoms with Crippen LogP contribution in [0.3, 0.4) is 0 Å². The Morgan fingerprint density at radius 2 is 2.11 bits per heavy atom. The van der Waals surface area contributed by atoms with Crippen LogP contribution in [0, 0.1) is 0 Å². The van der Waals surface area contributed by atoms with E-state index in [-0.39, 0.29) is 6.61 Å². The lowest BCUT2D eigenvalue weighted by molar-refractivity contribution is 0.283. The summed E-state index contributed by atoms with van der Waals surface area (Å²) in [6.45, 7) is 0.786. The highest BCUT2D eigenvalue weighted by Crippen LogP contribution is 2.31. The van der Waals surface area contributed by atoms with Crippen LogP contribution in [0.5, 0.6) is 0 Å². The number of hydrogen-bond acceptors (Lipinski definition) is 4. The lowest BCUT2D eigenvalue weighted by atomic mass is 9.91. The minimum absolute atomic E-state index is 0.154. The SMILES string of the molecule is OCCN(c1nncc2ccccc12)C1CCC1. The first kappa shape index (κ1) is 11.4. The maximum Gasteiger partial charge on any atom is 0.159 e. The summed E-state index contributed by atoms with van der Waals surface area (Å²) in [5.74, 6) is 0.909. The van der Waals surface area contributed by atoms with Crippen LogP contribution in [-0.4, -0.2) is 34.5 Å². The van der Waals surface area contributed by atoms with Gasteiger partial charge in [-0.25, -0.2) is 0 Å². The zero-order valence-corrected chi connectivity index (χ0v) is 10.3. The van der Waals surface area contributed by atoms with Crippen molar-refractivity contribution < 1.29 is 5.11 Å². The predicted octanol–water partition coefficient (Wildman–Crippen LogP) is 1.98. The molecule has 0 radical (unpaired) electrons. The Hall–Kier alpha value is -1.68. The van der Waals surface area contributed by atoms with E-state index in [9.17, 15) is 5.11 Å². The molecule has 0 spiro atoms. The molecule has 1 aliphatic carbocycles. The Balaban J connectivity index is 2.04. The molecule has 3 rings (SSSR count). The number of hydrogen-bond donors (Lipinski definition) is 1. The van der Waals surface area contributed by atoms with Gasteiger partial charge in [-0.2, -0.15) is 5.10 Å². The van der Waals surface area contributed by atoms with E-state index in [1.807, 2.05) is 18.2 Å². The van der Waals surface area contributed by atoms with Crippen molar-refractivity contribution in [3.05, 3.63) is 30.5 Å². The molecule has 4 nitrogen and oxygen atoms in total. The van der Waals surface area contributed by atoms with Gasteiger partial charge in [-0.3, -0.25) is 0 Å². The third-order valence-electron chi connectivity index (χ3n) is 3.68. The number of nitrogens with zero attached hydrogens (tertiary/aromatic N) is 3. The molecular formula is C14H17N3O. The van der Waals surface area contributed by atoms with Crippen LogP contribution in [0.1, 0.15) is 19.3 Å². The summed E-state index contributed by atoms with van der Waals surface area (Å²) in [7, 11) is 0. The van der Waals surface area contributed by atoms with Crippen LogP contribution in [0.15, 0.2) is 30.5 Å². The highest BCUT2D eigenvalue weighted by Gasteiger charge is 2.26. The van der Waals surface area contributed by atoms with Crippen LogP contribution in [0.4, 0.5) is 5.82 Å². The molecule has 0 unspecified atom stereocenters. The fourth-order valence-electron chi connectivity index (χ4n) is 2.49. The van der Waals surface area contributed by atoms with Crippen molar-refractivity contribution in [3.8, 4) is 0 Å². The van der Waals surface area contributed by atoms with Gasteiger partial charge in [0, 0.05) is 23.4 Å². The van der Waals surface area contributed by atoms with Gasteiger partial charge in [-0.05, 0) is 19.3 Å². The summed E-state index contributed by atoms with van der Waals surface area (Å²) < 4.78 is 0. The minimum atomic E-state index is 0.154. The maximum absolute atomic E-state index is 9.25. The second-order valence-electron chi connectivity index (χ2n) is 4.76. The molecule has 1 heterocycles. The van der Waals surface area contributed by atoms with Gasteiger partial charge < -0.3 is 10.0 Å². The number of rotatable bonds is 4. The van der Waals surface area contributed by atoms with Crippen molar-refractivity contribution >= 4 is 16.6 Å². The molecule has 94 valence electrons. The number of aromatic nitrogens is 2. The van der Waals surface area contributed by atoms with E-state index in [2.05, 4.69) is 21.2 Å². The van der Waals surface area contributed by atoms with Crippen LogP contribution in [0.25, 0.3) is 10.8 Å². The molecule has 0 aliphatic heterocycles. The molecule has 1 saturated carbocycles. The molecule has 0 bridgehead atoms. The topological polar surface area (TPSA) is 49.2 Å². The van der Waals surface area contributed by atoms with Gasteiger partial charge in [-0.1, -0.05) is 24.3 Å². The third-order valence-corrected chi connectivity index (χ3v) is 3.68. The van der Waals surface area contributed by atoms with Crippen molar-refractivity contribution in [2.45, 2.75) is 25.3 Å². The summed E-state index contributed by atoms with van der Waals surface area (Å²) in [6.07, 6.45) is 5.43. The number of benzene rings is 1. The Morgan fingerprint density at radius 1 is 1.28 bits per heavy atom. The van der Waals surface area contributed by atoms with E-state index < -0.39 is 0 Å². The zero-order chi connectivity index (χ0) is 12.4. The molecule has 0 atom stereocenters. The standard InChI is InChI=1S/C14H17N3O/c18-9-8-17(12-5-3-6-12)14-13-7-2-1-4-11(13)10-15-16-14/h1-2,4,7,10,12,18H,3,5-6,8-9H2. The van der Waals surface area contributed by atoms with Crippen molar-refractivity contribution in [2.24, 2.45) is 0 Å². The molecule has 1 N–H and O–H groups in total. The van der Waals surface area contributed by atoms with Crippen LogP contribution in [-0.2, 0) is 0 Å². The van der Waals surface area contributed by atoms with E-state index in [0.717, 1.165) is 16.6 Å². The smallest absolute Gasteiger partial charge is 0.159 e. The normalized spacial score (nSPS) is 15.6. The van der Waals surface area contributed by atoms with Gasteiger partial charge in [0.25, 0.3) is 0 Å². The molecule has 2 aromatic rings. The molecular weight excluding hydrogens is 226 g/mol. The van der Waals surface area contributed by atoms with Gasteiger partial charge in [0.15, 0.2) is 5.82 Å². The molecule has 1 aromatic heterocycles. The Bertz CT molecular complexity index is 534. The predicted molar refractivity (Wildman–Crippen MR) is 71.6 cm³/mol. The first-order valence-corrected chi connectivity index (χ1v) is 6.48. The maximum atomic E-state index is 9.25. The second-order valence-corrected chi connectivity index (χ2v) is 4.76. The van der Waals surface area contributed by atoms with E-state index >= 15 is 0 Å². The van der Waals surface area contributed by atoms with Crippen molar-refractivity contribution in [1.82, 2.24) is 10.2 Å². The van der Waals surface area contributed by atoms with Crippen LogP contribution in [0.2, 0.25) is 0 Å². The van der Waals surface area contributed by atoms with Crippen LogP contribution >= 0.6 is 0 Å². The molecule has 0 amide bonds. The highest BCUT2D eigenvalue weighted by atomic mass is 16.3. The van der Waals surface area contributed by atoms with Crippen LogP contribution < -0.4 is 4.90 Å². The number of aliphatic hydroxyl groups excluding tert-OH is 1. The van der Waals surface area contributed by atoms with E-state index in [4.69, 9.17) is 0 Å². The average molecular weight is 243 g/mol. The number of aliphatic hydroxyl groups is 1. The Labute approximate surface area is 106 Å². The van der Waals surface area contributed by atoms with Crippen molar-refractivity contribution in [2.75, 3.05) is 18.1 Å². The van der Waals surface area contributed by atoms with Crippen molar-refractivity contribution in [1.29, 1.82) is 0 Å². The molecule has 4 heteroatoms. The molecule has 1 fully saturated rings.